The molecule has 3 aromatic heterocycles. The molecule has 0 spiro atoms. The number of benzene rings is 1. The van der Waals surface area contributed by atoms with Gasteiger partial charge in [-0.05, 0) is 35.7 Å². The van der Waals surface area contributed by atoms with Gasteiger partial charge in [-0.1, -0.05) is 6.07 Å². The molecule has 1 aromatic carbocycles. The number of thiophene rings is 1. The van der Waals surface area contributed by atoms with Gasteiger partial charge in [-0.3, -0.25) is 9.89 Å². The Kier molecular flexibility index (Phi) is 3.87. The van der Waals surface area contributed by atoms with E-state index in [1.54, 1.807) is 46.5 Å². The second-order valence-electron chi connectivity index (χ2n) is 5.23. The maximum Gasteiger partial charge on any atom is 0.276 e. The van der Waals surface area contributed by atoms with E-state index >= 15 is 0 Å². The molecule has 0 saturated heterocycles. The number of imidazole rings is 1. The lowest BCUT2D eigenvalue weighted by Gasteiger charge is -2.07. The van der Waals surface area contributed by atoms with Gasteiger partial charge in [0.2, 0.25) is 0 Å². The Morgan fingerprint density at radius 1 is 1.28 bits per heavy atom. The molecule has 4 rings (SSSR count). The van der Waals surface area contributed by atoms with E-state index in [0.29, 0.717) is 11.4 Å². The lowest BCUT2D eigenvalue weighted by Crippen LogP contribution is -2.12. The van der Waals surface area contributed by atoms with Crippen LogP contribution in [0.15, 0.2) is 60.5 Å². The minimum Gasteiger partial charge on any atom is -0.320 e. The maximum atomic E-state index is 14.2. The number of carbonyl (C=O) groups is 1. The number of nitrogens with zero attached hydrogens (tertiary/aromatic N) is 3. The summed E-state index contributed by atoms with van der Waals surface area (Å²) in [5.74, 6) is -0.870. The van der Waals surface area contributed by atoms with Crippen LogP contribution < -0.4 is 5.32 Å². The van der Waals surface area contributed by atoms with Crippen molar-refractivity contribution in [3.8, 4) is 16.3 Å². The molecule has 0 radical (unpaired) electrons. The van der Waals surface area contributed by atoms with E-state index in [1.807, 2.05) is 17.5 Å². The molecule has 0 aliphatic rings. The van der Waals surface area contributed by atoms with Crippen molar-refractivity contribution in [2.75, 3.05) is 5.32 Å². The number of hydrogen-bond acceptors (Lipinski definition) is 4. The number of halogens is 1. The molecule has 0 unspecified atom stereocenters. The van der Waals surface area contributed by atoms with E-state index < -0.39 is 11.7 Å². The highest BCUT2D eigenvalue weighted by Gasteiger charge is 2.13. The van der Waals surface area contributed by atoms with Gasteiger partial charge in [-0.2, -0.15) is 5.10 Å². The first kappa shape index (κ1) is 15.3. The van der Waals surface area contributed by atoms with Crippen molar-refractivity contribution in [1.82, 2.24) is 19.7 Å². The molecule has 0 atom stereocenters. The minimum atomic E-state index is -0.461. The topological polar surface area (TPSA) is 75.6 Å². The third-order valence-electron chi connectivity index (χ3n) is 3.59. The highest BCUT2D eigenvalue weighted by molar-refractivity contribution is 7.13. The van der Waals surface area contributed by atoms with Crippen molar-refractivity contribution in [3.05, 3.63) is 72.0 Å². The molecule has 4 aromatic rings. The van der Waals surface area contributed by atoms with E-state index in [4.69, 9.17) is 0 Å². The Balaban J connectivity index is 1.52. The number of nitrogens with one attached hydrogen (secondary N) is 2. The van der Waals surface area contributed by atoms with Crippen LogP contribution in [0.2, 0.25) is 0 Å². The fourth-order valence-corrected chi connectivity index (χ4v) is 3.08. The molecule has 25 heavy (non-hydrogen) atoms. The molecule has 6 nitrogen and oxygen atoms in total. The Morgan fingerprint density at radius 2 is 2.20 bits per heavy atom. The van der Waals surface area contributed by atoms with Crippen LogP contribution in [0.1, 0.15) is 10.5 Å². The first-order valence-corrected chi connectivity index (χ1v) is 8.27. The lowest BCUT2D eigenvalue weighted by atomic mass is 10.2. The summed E-state index contributed by atoms with van der Waals surface area (Å²) in [6.07, 6.45) is 4.72. The summed E-state index contributed by atoms with van der Waals surface area (Å²) in [6.45, 7) is 0. The molecule has 124 valence electrons. The SMILES string of the molecule is O=C(Nc1ccc(-n2ccnc2)c(F)c1)c1cc(-c2cccs2)[nH]n1. The van der Waals surface area contributed by atoms with Gasteiger partial charge in [0.05, 0.1) is 22.6 Å². The maximum absolute atomic E-state index is 14.2. The van der Waals surface area contributed by atoms with Crippen LogP contribution in [0.3, 0.4) is 0 Å². The van der Waals surface area contributed by atoms with Gasteiger partial charge in [0.15, 0.2) is 5.69 Å². The standard InChI is InChI=1S/C17H12FN5OS/c18-12-8-11(3-4-15(12)23-6-5-19-10-23)20-17(24)14-9-13(21-22-14)16-2-1-7-25-16/h1-10H,(H,20,24)(H,21,22). The summed E-state index contributed by atoms with van der Waals surface area (Å²) in [7, 11) is 0. The van der Waals surface area contributed by atoms with Crippen molar-refractivity contribution in [2.45, 2.75) is 0 Å². The molecule has 0 saturated carbocycles. The van der Waals surface area contributed by atoms with E-state index in [2.05, 4.69) is 20.5 Å². The van der Waals surface area contributed by atoms with E-state index in [-0.39, 0.29) is 5.69 Å². The zero-order chi connectivity index (χ0) is 17.2. The van der Waals surface area contributed by atoms with Crippen LogP contribution in [0.5, 0.6) is 0 Å². The highest BCUT2D eigenvalue weighted by Crippen LogP contribution is 2.23. The first-order valence-electron chi connectivity index (χ1n) is 7.39. The molecule has 2 N–H and O–H groups in total. The van der Waals surface area contributed by atoms with Crippen LogP contribution in [0, 0.1) is 5.82 Å². The predicted octanol–water partition coefficient (Wildman–Crippen LogP) is 3.72. The molecule has 0 fully saturated rings. The van der Waals surface area contributed by atoms with Crippen molar-refractivity contribution in [3.63, 3.8) is 0 Å². The average Bonchev–Trinajstić information content (AvgIpc) is 3.35. The number of H-pyrrole nitrogens is 1. The predicted molar refractivity (Wildman–Crippen MR) is 93.4 cm³/mol. The number of hydrogen-bond donors (Lipinski definition) is 2. The third kappa shape index (κ3) is 3.07. The Labute approximate surface area is 146 Å². The Bertz CT molecular complexity index is 1010. The average molecular weight is 353 g/mol. The van der Waals surface area contributed by atoms with Crippen LogP contribution in [0.4, 0.5) is 10.1 Å². The van der Waals surface area contributed by atoms with Gasteiger partial charge in [-0.25, -0.2) is 9.37 Å². The minimum absolute atomic E-state index is 0.238. The van der Waals surface area contributed by atoms with Gasteiger partial charge in [0.25, 0.3) is 5.91 Å². The van der Waals surface area contributed by atoms with Gasteiger partial charge in [0.1, 0.15) is 5.82 Å². The second kappa shape index (κ2) is 6.33. The van der Waals surface area contributed by atoms with Crippen molar-refractivity contribution >= 4 is 22.9 Å². The smallest absolute Gasteiger partial charge is 0.276 e. The first-order chi connectivity index (χ1) is 12.2. The Morgan fingerprint density at radius 3 is 2.92 bits per heavy atom. The van der Waals surface area contributed by atoms with Gasteiger partial charge in [0, 0.05) is 18.1 Å². The van der Waals surface area contributed by atoms with Crippen molar-refractivity contribution in [2.24, 2.45) is 0 Å². The zero-order valence-electron chi connectivity index (χ0n) is 12.8. The number of anilines is 1. The summed E-state index contributed by atoms with van der Waals surface area (Å²) < 4.78 is 15.8. The van der Waals surface area contributed by atoms with Crippen molar-refractivity contribution in [1.29, 1.82) is 0 Å². The molecule has 3 heterocycles. The lowest BCUT2D eigenvalue weighted by molar-refractivity contribution is 0.102. The highest BCUT2D eigenvalue weighted by atomic mass is 32.1. The summed E-state index contributed by atoms with van der Waals surface area (Å²) in [5, 5.41) is 11.4. The number of rotatable bonds is 4. The van der Waals surface area contributed by atoms with E-state index in [0.717, 1.165) is 10.6 Å². The molecule has 0 aliphatic carbocycles. The largest absolute Gasteiger partial charge is 0.320 e. The summed E-state index contributed by atoms with van der Waals surface area (Å²) in [6, 6.07) is 9.99. The molecular formula is C17H12FN5OS. The molecule has 0 aliphatic heterocycles. The number of aromatic nitrogens is 4. The summed E-state index contributed by atoms with van der Waals surface area (Å²) in [4.78, 5) is 17.2. The zero-order valence-corrected chi connectivity index (χ0v) is 13.6. The molecule has 0 bridgehead atoms. The van der Waals surface area contributed by atoms with Crippen LogP contribution in [0.25, 0.3) is 16.3 Å². The monoisotopic (exact) mass is 353 g/mol. The molecule has 1 amide bonds. The van der Waals surface area contributed by atoms with Crippen LogP contribution in [-0.4, -0.2) is 25.7 Å². The molecular weight excluding hydrogens is 341 g/mol. The van der Waals surface area contributed by atoms with Crippen LogP contribution in [-0.2, 0) is 0 Å². The fraction of sp³-hybridized carbons (Fsp3) is 0. The quantitative estimate of drug-likeness (QED) is 0.587. The summed E-state index contributed by atoms with van der Waals surface area (Å²) >= 11 is 1.55. The van der Waals surface area contributed by atoms with E-state index in [1.165, 1.54) is 12.4 Å². The number of amides is 1. The normalized spacial score (nSPS) is 10.8. The van der Waals surface area contributed by atoms with Crippen molar-refractivity contribution < 1.29 is 9.18 Å². The van der Waals surface area contributed by atoms with E-state index in [9.17, 15) is 9.18 Å². The third-order valence-corrected chi connectivity index (χ3v) is 4.49. The number of carbonyl (C=O) groups excluding carboxylic acids is 1. The van der Waals surface area contributed by atoms with Gasteiger partial charge >= 0.3 is 0 Å². The van der Waals surface area contributed by atoms with Gasteiger partial charge in [-0.15, -0.1) is 11.3 Å². The fourth-order valence-electron chi connectivity index (χ4n) is 2.39. The van der Waals surface area contributed by atoms with Gasteiger partial charge < -0.3 is 9.88 Å². The number of aromatic amines is 1. The Hall–Kier alpha value is -3.26. The second-order valence-corrected chi connectivity index (χ2v) is 6.18. The summed E-state index contributed by atoms with van der Waals surface area (Å²) in [5.41, 5.74) is 1.71. The molecule has 8 heteroatoms. The van der Waals surface area contributed by atoms with Crippen LogP contribution >= 0.6 is 11.3 Å².